The number of methoxy groups -OCH3 is 1. The van der Waals surface area contributed by atoms with Crippen LogP contribution in [0.15, 0.2) is 56.9 Å². The third-order valence-electron chi connectivity index (χ3n) is 3.95. The van der Waals surface area contributed by atoms with E-state index in [0.29, 0.717) is 40.5 Å². The maximum atomic E-state index is 12.9. The standard InChI is InChI=1S/C18H16BrN3O4S/c1-26-9-8-21-17(23)14-10-13(19)6-7-15(14)20-18(21)27-11-12-4-2-3-5-16(12)22(24)25/h2-7,10H,8-9,11H2,1H3. The topological polar surface area (TPSA) is 87.3 Å². The summed E-state index contributed by atoms with van der Waals surface area (Å²) in [5.41, 5.74) is 1.06. The Kier molecular flexibility index (Phi) is 6.25. The average molecular weight is 450 g/mol. The molecule has 0 fully saturated rings. The van der Waals surface area contributed by atoms with Gasteiger partial charge in [-0.05, 0) is 18.2 Å². The summed E-state index contributed by atoms with van der Waals surface area (Å²) in [6.45, 7) is 0.712. The molecule has 0 saturated heterocycles. The third-order valence-corrected chi connectivity index (χ3v) is 5.46. The Hall–Kier alpha value is -2.23. The zero-order chi connectivity index (χ0) is 19.4. The highest BCUT2D eigenvalue weighted by molar-refractivity contribution is 9.10. The molecule has 140 valence electrons. The Labute approximate surface area is 167 Å². The Morgan fingerprint density at radius 2 is 2.07 bits per heavy atom. The molecule has 9 heteroatoms. The molecular formula is C18H16BrN3O4S. The normalized spacial score (nSPS) is 11.0. The SMILES string of the molecule is COCCn1c(SCc2ccccc2[N+](=O)[O-])nc2ccc(Br)cc2c1=O. The molecule has 0 aliphatic carbocycles. The molecule has 1 aromatic heterocycles. The Balaban J connectivity index is 2.01. The number of nitrogens with zero attached hydrogens (tertiary/aromatic N) is 3. The fourth-order valence-corrected chi connectivity index (χ4v) is 4.00. The number of fused-ring (bicyclic) bond motifs is 1. The first kappa shape index (κ1) is 19.5. The van der Waals surface area contributed by atoms with Crippen molar-refractivity contribution in [1.82, 2.24) is 9.55 Å². The smallest absolute Gasteiger partial charge is 0.273 e. The highest BCUT2D eigenvalue weighted by atomic mass is 79.9. The minimum absolute atomic E-state index is 0.0560. The molecule has 1 heterocycles. The third kappa shape index (κ3) is 4.37. The molecule has 0 spiro atoms. The van der Waals surface area contributed by atoms with E-state index in [9.17, 15) is 14.9 Å². The van der Waals surface area contributed by atoms with Crippen LogP contribution in [-0.4, -0.2) is 28.2 Å². The lowest BCUT2D eigenvalue weighted by Gasteiger charge is -2.13. The predicted octanol–water partition coefficient (Wildman–Crippen LogP) is 4.01. The average Bonchev–Trinajstić information content (AvgIpc) is 2.66. The van der Waals surface area contributed by atoms with Crippen LogP contribution in [0.1, 0.15) is 5.56 Å². The molecule has 3 rings (SSSR count). The molecule has 2 aromatic carbocycles. The Morgan fingerprint density at radius 1 is 1.30 bits per heavy atom. The van der Waals surface area contributed by atoms with E-state index in [-0.39, 0.29) is 11.2 Å². The van der Waals surface area contributed by atoms with Gasteiger partial charge < -0.3 is 4.74 Å². The lowest BCUT2D eigenvalue weighted by atomic mass is 10.2. The van der Waals surface area contributed by atoms with E-state index in [4.69, 9.17) is 4.74 Å². The molecule has 0 amide bonds. The van der Waals surface area contributed by atoms with Crippen molar-refractivity contribution in [3.05, 3.63) is 73.0 Å². The molecule has 0 aliphatic rings. The van der Waals surface area contributed by atoms with Gasteiger partial charge in [0.2, 0.25) is 0 Å². The van der Waals surface area contributed by atoms with Crippen molar-refractivity contribution >= 4 is 44.3 Å². The summed E-state index contributed by atoms with van der Waals surface area (Å²) in [6, 6.07) is 11.9. The summed E-state index contributed by atoms with van der Waals surface area (Å²) in [5.74, 6) is 0.332. The second-order valence-electron chi connectivity index (χ2n) is 5.68. The number of hydrogen-bond donors (Lipinski definition) is 0. The highest BCUT2D eigenvalue weighted by Gasteiger charge is 2.16. The molecule has 0 N–H and O–H groups in total. The summed E-state index contributed by atoms with van der Waals surface area (Å²) < 4.78 is 7.46. The van der Waals surface area contributed by atoms with E-state index in [1.165, 1.54) is 17.8 Å². The predicted molar refractivity (Wildman–Crippen MR) is 108 cm³/mol. The quantitative estimate of drug-likeness (QED) is 0.234. The minimum atomic E-state index is -0.404. The summed E-state index contributed by atoms with van der Waals surface area (Å²) in [6.07, 6.45) is 0. The van der Waals surface area contributed by atoms with Crippen LogP contribution in [0.25, 0.3) is 10.9 Å². The van der Waals surface area contributed by atoms with E-state index in [2.05, 4.69) is 20.9 Å². The van der Waals surface area contributed by atoms with Gasteiger partial charge in [0, 0.05) is 29.0 Å². The van der Waals surface area contributed by atoms with E-state index >= 15 is 0 Å². The lowest BCUT2D eigenvalue weighted by Crippen LogP contribution is -2.25. The zero-order valence-electron chi connectivity index (χ0n) is 14.4. The van der Waals surface area contributed by atoms with Crippen LogP contribution in [0.4, 0.5) is 5.69 Å². The first-order chi connectivity index (χ1) is 13.0. The van der Waals surface area contributed by atoms with Gasteiger partial charge in [-0.3, -0.25) is 19.5 Å². The van der Waals surface area contributed by atoms with Gasteiger partial charge in [0.05, 0.1) is 29.0 Å². The second-order valence-corrected chi connectivity index (χ2v) is 7.54. The number of benzene rings is 2. The molecule has 0 unspecified atom stereocenters. The molecular weight excluding hydrogens is 434 g/mol. The molecule has 0 aliphatic heterocycles. The largest absolute Gasteiger partial charge is 0.383 e. The molecule has 0 saturated carbocycles. The van der Waals surface area contributed by atoms with Gasteiger partial charge in [-0.2, -0.15) is 0 Å². The molecule has 0 radical (unpaired) electrons. The number of ether oxygens (including phenoxy) is 1. The Morgan fingerprint density at radius 3 is 2.81 bits per heavy atom. The second kappa shape index (κ2) is 8.64. The number of hydrogen-bond acceptors (Lipinski definition) is 6. The van der Waals surface area contributed by atoms with E-state index in [1.54, 1.807) is 42.0 Å². The van der Waals surface area contributed by atoms with Crippen molar-refractivity contribution in [3.63, 3.8) is 0 Å². The van der Waals surface area contributed by atoms with Crippen molar-refractivity contribution in [1.29, 1.82) is 0 Å². The van der Waals surface area contributed by atoms with Crippen molar-refractivity contribution in [2.75, 3.05) is 13.7 Å². The van der Waals surface area contributed by atoms with E-state index in [0.717, 1.165) is 4.47 Å². The molecule has 0 atom stereocenters. The lowest BCUT2D eigenvalue weighted by molar-refractivity contribution is -0.385. The van der Waals surface area contributed by atoms with Crippen molar-refractivity contribution in [2.45, 2.75) is 17.5 Å². The first-order valence-electron chi connectivity index (χ1n) is 8.05. The van der Waals surface area contributed by atoms with Crippen LogP contribution >= 0.6 is 27.7 Å². The van der Waals surface area contributed by atoms with E-state index < -0.39 is 4.92 Å². The maximum absolute atomic E-state index is 12.9. The number of nitro groups is 1. The molecule has 3 aromatic rings. The van der Waals surface area contributed by atoms with E-state index in [1.807, 2.05) is 6.07 Å². The number of rotatable bonds is 7. The summed E-state index contributed by atoms with van der Waals surface area (Å²) in [4.78, 5) is 28.3. The van der Waals surface area contributed by atoms with Crippen LogP contribution < -0.4 is 5.56 Å². The summed E-state index contributed by atoms with van der Waals surface area (Å²) in [5, 5.41) is 12.2. The highest BCUT2D eigenvalue weighted by Crippen LogP contribution is 2.27. The minimum Gasteiger partial charge on any atom is -0.383 e. The van der Waals surface area contributed by atoms with Gasteiger partial charge in [-0.1, -0.05) is 45.9 Å². The van der Waals surface area contributed by atoms with Gasteiger partial charge in [0.1, 0.15) is 0 Å². The number of thioether (sulfide) groups is 1. The van der Waals surface area contributed by atoms with Crippen LogP contribution in [0.3, 0.4) is 0 Å². The Bertz CT molecular complexity index is 1050. The first-order valence-corrected chi connectivity index (χ1v) is 9.83. The van der Waals surface area contributed by atoms with Gasteiger partial charge in [-0.15, -0.1) is 0 Å². The fourth-order valence-electron chi connectivity index (χ4n) is 2.62. The van der Waals surface area contributed by atoms with Crippen LogP contribution in [0.2, 0.25) is 0 Å². The number of para-hydroxylation sites is 1. The monoisotopic (exact) mass is 449 g/mol. The van der Waals surface area contributed by atoms with Crippen molar-refractivity contribution in [3.8, 4) is 0 Å². The summed E-state index contributed by atoms with van der Waals surface area (Å²) >= 11 is 4.67. The van der Waals surface area contributed by atoms with Gasteiger partial charge in [-0.25, -0.2) is 4.98 Å². The van der Waals surface area contributed by atoms with Crippen LogP contribution in [0.5, 0.6) is 0 Å². The van der Waals surface area contributed by atoms with Gasteiger partial charge >= 0.3 is 0 Å². The maximum Gasteiger partial charge on any atom is 0.273 e. The summed E-state index contributed by atoms with van der Waals surface area (Å²) in [7, 11) is 1.57. The van der Waals surface area contributed by atoms with Crippen LogP contribution in [0, 0.1) is 10.1 Å². The zero-order valence-corrected chi connectivity index (χ0v) is 16.8. The van der Waals surface area contributed by atoms with Crippen molar-refractivity contribution in [2.24, 2.45) is 0 Å². The molecule has 27 heavy (non-hydrogen) atoms. The van der Waals surface area contributed by atoms with Crippen molar-refractivity contribution < 1.29 is 9.66 Å². The van der Waals surface area contributed by atoms with Gasteiger partial charge in [0.15, 0.2) is 5.16 Å². The van der Waals surface area contributed by atoms with Crippen LogP contribution in [-0.2, 0) is 17.0 Å². The molecule has 0 bridgehead atoms. The molecule has 7 nitrogen and oxygen atoms in total. The number of nitro benzene ring substituents is 1. The number of aromatic nitrogens is 2. The fraction of sp³-hybridized carbons (Fsp3) is 0.222. The van der Waals surface area contributed by atoms with Gasteiger partial charge in [0.25, 0.3) is 11.2 Å². The number of halogens is 1.